The topological polar surface area (TPSA) is 26.0 Å². The van der Waals surface area contributed by atoms with Crippen molar-refractivity contribution in [3.05, 3.63) is 35.4 Å². The van der Waals surface area contributed by atoms with Gasteiger partial charge in [-0.25, -0.2) is 8.78 Å². The van der Waals surface area contributed by atoms with Crippen molar-refractivity contribution in [3.63, 3.8) is 0 Å². The van der Waals surface area contributed by atoms with Gasteiger partial charge in [0.15, 0.2) is 11.6 Å². The summed E-state index contributed by atoms with van der Waals surface area (Å²) in [6.07, 6.45) is 1.79. The zero-order valence-corrected chi connectivity index (χ0v) is 8.71. The molecule has 2 rings (SSSR count). The van der Waals surface area contributed by atoms with Gasteiger partial charge in [-0.15, -0.1) is 0 Å². The maximum atomic E-state index is 12.9. The summed E-state index contributed by atoms with van der Waals surface area (Å²) < 4.78 is 25.6. The summed E-state index contributed by atoms with van der Waals surface area (Å²) in [6, 6.07) is 4.08. The highest BCUT2D eigenvalue weighted by Crippen LogP contribution is 2.40. The van der Waals surface area contributed by atoms with E-state index in [0.29, 0.717) is 18.3 Å². The molecule has 1 aromatic carbocycles. The van der Waals surface area contributed by atoms with Crippen molar-refractivity contribution in [3.8, 4) is 0 Å². The molecule has 3 heteroatoms. The Kier molecular flexibility index (Phi) is 2.74. The van der Waals surface area contributed by atoms with Crippen LogP contribution in [0.1, 0.15) is 18.9 Å². The number of benzene rings is 1. The second-order valence-electron chi connectivity index (χ2n) is 4.49. The molecule has 15 heavy (non-hydrogen) atoms. The number of hydrogen-bond donors (Lipinski definition) is 1. The van der Waals surface area contributed by atoms with Crippen LogP contribution in [-0.4, -0.2) is 6.04 Å². The molecule has 2 N–H and O–H groups in total. The van der Waals surface area contributed by atoms with Crippen molar-refractivity contribution in [2.24, 2.45) is 17.6 Å². The minimum atomic E-state index is -0.799. The van der Waals surface area contributed by atoms with Crippen molar-refractivity contribution >= 4 is 0 Å². The number of nitrogens with two attached hydrogens (primary N) is 1. The van der Waals surface area contributed by atoms with Gasteiger partial charge in [-0.05, 0) is 42.4 Å². The lowest BCUT2D eigenvalue weighted by atomic mass is 10.0. The van der Waals surface area contributed by atoms with E-state index in [0.717, 1.165) is 18.1 Å². The van der Waals surface area contributed by atoms with Crippen LogP contribution >= 0.6 is 0 Å². The molecule has 1 aliphatic carbocycles. The highest BCUT2D eigenvalue weighted by atomic mass is 19.2. The highest BCUT2D eigenvalue weighted by Gasteiger charge is 2.37. The Balaban J connectivity index is 2.01. The zero-order valence-electron chi connectivity index (χ0n) is 8.71. The minimum absolute atomic E-state index is 0.0739. The van der Waals surface area contributed by atoms with E-state index in [1.54, 1.807) is 6.07 Å². The standard InChI is InChI=1S/C12H15F2N/c1-7-4-9(7)12(15)6-8-2-3-10(13)11(14)5-8/h2-3,5,7,9,12H,4,6,15H2,1H3. The maximum Gasteiger partial charge on any atom is 0.159 e. The summed E-state index contributed by atoms with van der Waals surface area (Å²) in [5.41, 5.74) is 6.75. The van der Waals surface area contributed by atoms with E-state index in [4.69, 9.17) is 5.73 Å². The maximum absolute atomic E-state index is 12.9. The Bertz CT molecular complexity index is 365. The summed E-state index contributed by atoms with van der Waals surface area (Å²) in [7, 11) is 0. The molecule has 1 aliphatic rings. The van der Waals surface area contributed by atoms with Gasteiger partial charge >= 0.3 is 0 Å². The van der Waals surface area contributed by atoms with Gasteiger partial charge in [0.25, 0.3) is 0 Å². The van der Waals surface area contributed by atoms with Crippen molar-refractivity contribution in [2.75, 3.05) is 0 Å². The molecule has 0 bridgehead atoms. The van der Waals surface area contributed by atoms with Crippen molar-refractivity contribution in [1.82, 2.24) is 0 Å². The second-order valence-corrected chi connectivity index (χ2v) is 4.49. The molecular formula is C12H15F2N. The van der Waals surface area contributed by atoms with Crippen LogP contribution in [0.25, 0.3) is 0 Å². The fraction of sp³-hybridized carbons (Fsp3) is 0.500. The Labute approximate surface area is 88.3 Å². The van der Waals surface area contributed by atoms with Gasteiger partial charge in [0.05, 0.1) is 0 Å². The second kappa shape index (κ2) is 3.89. The molecule has 1 nitrogen and oxygen atoms in total. The van der Waals surface area contributed by atoms with Gasteiger partial charge in [0.2, 0.25) is 0 Å². The summed E-state index contributed by atoms with van der Waals surface area (Å²) in [5.74, 6) is -0.348. The molecule has 0 heterocycles. The lowest BCUT2D eigenvalue weighted by Gasteiger charge is -2.10. The summed E-state index contributed by atoms with van der Waals surface area (Å²) in [6.45, 7) is 2.16. The third-order valence-corrected chi connectivity index (χ3v) is 3.18. The first-order valence-corrected chi connectivity index (χ1v) is 5.27. The molecule has 0 radical (unpaired) electrons. The Morgan fingerprint density at radius 1 is 1.40 bits per heavy atom. The molecule has 82 valence electrons. The van der Waals surface area contributed by atoms with Gasteiger partial charge in [0.1, 0.15) is 0 Å². The van der Waals surface area contributed by atoms with E-state index >= 15 is 0 Å². The van der Waals surface area contributed by atoms with Gasteiger partial charge in [-0.3, -0.25) is 0 Å². The smallest absolute Gasteiger partial charge is 0.159 e. The van der Waals surface area contributed by atoms with Crippen LogP contribution in [-0.2, 0) is 6.42 Å². The highest BCUT2D eigenvalue weighted by molar-refractivity contribution is 5.19. The molecule has 0 aliphatic heterocycles. The first-order chi connectivity index (χ1) is 7.08. The minimum Gasteiger partial charge on any atom is -0.327 e. The largest absolute Gasteiger partial charge is 0.327 e. The van der Waals surface area contributed by atoms with Crippen LogP contribution in [0.15, 0.2) is 18.2 Å². The van der Waals surface area contributed by atoms with Gasteiger partial charge < -0.3 is 5.73 Å². The first kappa shape index (κ1) is 10.6. The normalized spacial score (nSPS) is 26.4. The average molecular weight is 211 g/mol. The van der Waals surface area contributed by atoms with Crippen LogP contribution < -0.4 is 5.73 Å². The lowest BCUT2D eigenvalue weighted by molar-refractivity contribution is 0.503. The average Bonchev–Trinajstić information content (AvgIpc) is 2.89. The lowest BCUT2D eigenvalue weighted by Crippen LogP contribution is -2.26. The van der Waals surface area contributed by atoms with E-state index in [1.165, 1.54) is 6.07 Å². The molecule has 1 fully saturated rings. The number of hydrogen-bond acceptors (Lipinski definition) is 1. The van der Waals surface area contributed by atoms with Crippen LogP contribution in [0.4, 0.5) is 8.78 Å². The predicted octanol–water partition coefficient (Wildman–Crippen LogP) is 2.49. The Hall–Kier alpha value is -0.960. The van der Waals surface area contributed by atoms with E-state index in [1.807, 2.05) is 0 Å². The van der Waals surface area contributed by atoms with E-state index < -0.39 is 11.6 Å². The fourth-order valence-electron chi connectivity index (χ4n) is 2.04. The Morgan fingerprint density at radius 2 is 2.07 bits per heavy atom. The first-order valence-electron chi connectivity index (χ1n) is 5.27. The van der Waals surface area contributed by atoms with Crippen molar-refractivity contribution in [1.29, 1.82) is 0 Å². The summed E-state index contributed by atoms with van der Waals surface area (Å²) in [4.78, 5) is 0. The van der Waals surface area contributed by atoms with Crippen LogP contribution in [0.2, 0.25) is 0 Å². The van der Waals surface area contributed by atoms with Crippen molar-refractivity contribution < 1.29 is 8.78 Å². The Morgan fingerprint density at radius 3 is 2.60 bits per heavy atom. The molecule has 0 amide bonds. The summed E-state index contributed by atoms with van der Waals surface area (Å²) in [5, 5.41) is 0. The molecule has 3 unspecified atom stereocenters. The molecule has 0 spiro atoms. The van der Waals surface area contributed by atoms with Gasteiger partial charge in [-0.1, -0.05) is 13.0 Å². The molecule has 0 aromatic heterocycles. The SMILES string of the molecule is CC1CC1C(N)Cc1ccc(F)c(F)c1. The van der Waals surface area contributed by atoms with E-state index in [9.17, 15) is 8.78 Å². The predicted molar refractivity (Wildman–Crippen MR) is 55.3 cm³/mol. The monoisotopic (exact) mass is 211 g/mol. The zero-order chi connectivity index (χ0) is 11.0. The number of halogens is 2. The van der Waals surface area contributed by atoms with E-state index in [2.05, 4.69) is 6.92 Å². The summed E-state index contributed by atoms with van der Waals surface area (Å²) >= 11 is 0. The molecule has 0 saturated heterocycles. The molecule has 3 atom stereocenters. The van der Waals surface area contributed by atoms with Gasteiger partial charge in [-0.2, -0.15) is 0 Å². The number of rotatable bonds is 3. The third kappa shape index (κ3) is 2.34. The molecular weight excluding hydrogens is 196 g/mol. The van der Waals surface area contributed by atoms with Crippen LogP contribution in [0, 0.1) is 23.5 Å². The van der Waals surface area contributed by atoms with Crippen molar-refractivity contribution in [2.45, 2.75) is 25.8 Å². The van der Waals surface area contributed by atoms with Crippen LogP contribution in [0.3, 0.4) is 0 Å². The van der Waals surface area contributed by atoms with Crippen LogP contribution in [0.5, 0.6) is 0 Å². The van der Waals surface area contributed by atoms with E-state index in [-0.39, 0.29) is 6.04 Å². The quantitative estimate of drug-likeness (QED) is 0.816. The molecule has 1 aromatic rings. The fourth-order valence-corrected chi connectivity index (χ4v) is 2.04. The molecule has 1 saturated carbocycles. The third-order valence-electron chi connectivity index (χ3n) is 3.18. The van der Waals surface area contributed by atoms with Gasteiger partial charge in [0, 0.05) is 6.04 Å².